The largest absolute Gasteiger partial charge is 0.298 e. The molecule has 0 aliphatic rings. The van der Waals surface area contributed by atoms with Crippen molar-refractivity contribution in [1.82, 2.24) is 0 Å². The first-order chi connectivity index (χ1) is 6.24. The smallest absolute Gasteiger partial charge is 0.151 e. The Hall–Kier alpha value is -0.190. The van der Waals surface area contributed by atoms with E-state index in [0.717, 1.165) is 30.9 Å². The molecular weight excluding hydrogens is 316 g/mol. The van der Waals surface area contributed by atoms with Crippen LogP contribution in [0, 0.1) is 0 Å². The van der Waals surface area contributed by atoms with Gasteiger partial charge in [0.15, 0.2) is 6.29 Å². The Kier molecular flexibility index (Phi) is 2.53. The van der Waals surface area contributed by atoms with Crippen molar-refractivity contribution in [2.45, 2.75) is 0 Å². The normalized spacial score (nSPS) is 10.6. The summed E-state index contributed by atoms with van der Waals surface area (Å²) in [5, 5.41) is 2.86. The molecule has 0 N–H and O–H groups in total. The highest BCUT2D eigenvalue weighted by atomic mass is 79.9. The van der Waals surface area contributed by atoms with Crippen molar-refractivity contribution in [2.75, 3.05) is 0 Å². The summed E-state index contributed by atoms with van der Waals surface area (Å²) in [6, 6.07) is 3.97. The minimum atomic E-state index is 0.744. The highest BCUT2D eigenvalue weighted by Crippen LogP contribution is 2.36. The molecular formula is C9H4Br2OS. The minimum absolute atomic E-state index is 0.744. The lowest BCUT2D eigenvalue weighted by molar-refractivity contribution is 0.112. The molecule has 0 aliphatic carbocycles. The van der Waals surface area contributed by atoms with Gasteiger partial charge in [-0.3, -0.25) is 4.79 Å². The van der Waals surface area contributed by atoms with Gasteiger partial charge in [0.25, 0.3) is 0 Å². The third kappa shape index (κ3) is 1.47. The van der Waals surface area contributed by atoms with Crippen molar-refractivity contribution >= 4 is 59.6 Å². The zero-order chi connectivity index (χ0) is 9.42. The van der Waals surface area contributed by atoms with Crippen LogP contribution in [0.3, 0.4) is 0 Å². The van der Waals surface area contributed by atoms with E-state index in [-0.39, 0.29) is 0 Å². The van der Waals surface area contributed by atoms with Gasteiger partial charge >= 0.3 is 0 Å². The number of aldehydes is 1. The van der Waals surface area contributed by atoms with E-state index in [1.807, 2.05) is 17.5 Å². The van der Waals surface area contributed by atoms with Crippen LogP contribution in [0.5, 0.6) is 0 Å². The number of thiophene rings is 1. The van der Waals surface area contributed by atoms with E-state index in [9.17, 15) is 4.79 Å². The van der Waals surface area contributed by atoms with E-state index >= 15 is 0 Å². The van der Waals surface area contributed by atoms with Gasteiger partial charge in [-0.15, -0.1) is 11.3 Å². The minimum Gasteiger partial charge on any atom is -0.298 e. The number of hydrogen-bond donors (Lipinski definition) is 0. The van der Waals surface area contributed by atoms with Gasteiger partial charge in [-0.2, -0.15) is 0 Å². The molecule has 0 saturated heterocycles. The summed E-state index contributed by atoms with van der Waals surface area (Å²) in [6.45, 7) is 0. The molecule has 4 heteroatoms. The first kappa shape index (κ1) is 9.37. The van der Waals surface area contributed by atoms with Crippen molar-refractivity contribution in [2.24, 2.45) is 0 Å². The lowest BCUT2D eigenvalue weighted by atomic mass is 10.2. The van der Waals surface area contributed by atoms with Gasteiger partial charge in [-0.05, 0) is 44.0 Å². The van der Waals surface area contributed by atoms with Crippen LogP contribution in [-0.2, 0) is 0 Å². The van der Waals surface area contributed by atoms with Crippen LogP contribution in [-0.4, -0.2) is 6.29 Å². The van der Waals surface area contributed by atoms with Crippen molar-refractivity contribution in [1.29, 1.82) is 0 Å². The van der Waals surface area contributed by atoms with Gasteiger partial charge < -0.3 is 0 Å². The average molecular weight is 320 g/mol. The molecule has 0 radical (unpaired) electrons. The Morgan fingerprint density at radius 1 is 1.31 bits per heavy atom. The summed E-state index contributed by atoms with van der Waals surface area (Å²) < 4.78 is 3.05. The molecule has 0 unspecified atom stereocenters. The molecule has 1 aromatic heterocycles. The summed E-state index contributed by atoms with van der Waals surface area (Å²) in [5.74, 6) is 0. The highest BCUT2D eigenvalue weighted by molar-refractivity contribution is 9.13. The average Bonchev–Trinajstić information content (AvgIpc) is 2.55. The third-order valence-corrected chi connectivity index (χ3v) is 4.77. The van der Waals surface area contributed by atoms with Gasteiger partial charge in [0.1, 0.15) is 0 Å². The molecule has 1 nitrogen and oxygen atoms in total. The van der Waals surface area contributed by atoms with Gasteiger partial charge in [-0.25, -0.2) is 0 Å². The topological polar surface area (TPSA) is 17.1 Å². The molecule has 0 amide bonds. The van der Waals surface area contributed by atoms with E-state index in [4.69, 9.17) is 0 Å². The van der Waals surface area contributed by atoms with E-state index in [2.05, 4.69) is 31.9 Å². The monoisotopic (exact) mass is 318 g/mol. The Labute approximate surface area is 96.0 Å². The van der Waals surface area contributed by atoms with Crippen molar-refractivity contribution in [3.63, 3.8) is 0 Å². The van der Waals surface area contributed by atoms with Gasteiger partial charge in [0.05, 0.1) is 0 Å². The van der Waals surface area contributed by atoms with Crippen molar-refractivity contribution < 1.29 is 4.79 Å². The molecule has 0 saturated carbocycles. The predicted octanol–water partition coefficient (Wildman–Crippen LogP) is 4.24. The van der Waals surface area contributed by atoms with Crippen LogP contribution >= 0.6 is 43.2 Å². The number of fused-ring (bicyclic) bond motifs is 1. The molecule has 0 fully saturated rings. The summed E-state index contributed by atoms with van der Waals surface area (Å²) >= 11 is 8.44. The van der Waals surface area contributed by atoms with Crippen LogP contribution in [0.4, 0.5) is 0 Å². The second kappa shape index (κ2) is 3.52. The Morgan fingerprint density at radius 3 is 2.77 bits per heavy atom. The molecule has 0 aliphatic heterocycles. The maximum absolute atomic E-state index is 10.7. The number of hydrogen-bond acceptors (Lipinski definition) is 2. The molecule has 66 valence electrons. The SMILES string of the molecule is O=Cc1csc2ccc(Br)c(Br)c12. The second-order valence-electron chi connectivity index (χ2n) is 2.54. The maximum Gasteiger partial charge on any atom is 0.151 e. The van der Waals surface area contributed by atoms with E-state index in [1.54, 1.807) is 11.3 Å². The Balaban J connectivity index is 2.93. The first-order valence-corrected chi connectivity index (χ1v) is 6.01. The van der Waals surface area contributed by atoms with Crippen LogP contribution in [0.15, 0.2) is 26.5 Å². The number of halogens is 2. The molecule has 1 heterocycles. The van der Waals surface area contributed by atoms with Gasteiger partial charge in [-0.1, -0.05) is 0 Å². The molecule has 0 spiro atoms. The molecule has 0 atom stereocenters. The standard InChI is InChI=1S/C9H4Br2OS/c10-6-1-2-7-8(9(6)11)5(3-12)4-13-7/h1-4H. The first-order valence-electron chi connectivity index (χ1n) is 3.54. The molecule has 13 heavy (non-hydrogen) atoms. The quantitative estimate of drug-likeness (QED) is 0.719. The molecule has 2 rings (SSSR count). The zero-order valence-electron chi connectivity index (χ0n) is 6.38. The van der Waals surface area contributed by atoms with Crippen LogP contribution in [0.2, 0.25) is 0 Å². The zero-order valence-corrected chi connectivity index (χ0v) is 10.4. The number of carbonyl (C=O) groups excluding carboxylic acids is 1. The van der Waals surface area contributed by atoms with Crippen LogP contribution in [0.25, 0.3) is 10.1 Å². The van der Waals surface area contributed by atoms with Crippen molar-refractivity contribution in [3.8, 4) is 0 Å². The third-order valence-electron chi connectivity index (χ3n) is 1.79. The summed E-state index contributed by atoms with van der Waals surface area (Å²) in [7, 11) is 0. The van der Waals surface area contributed by atoms with Crippen LogP contribution in [0.1, 0.15) is 10.4 Å². The lowest BCUT2D eigenvalue weighted by Gasteiger charge is -1.98. The van der Waals surface area contributed by atoms with Gasteiger partial charge in [0, 0.05) is 30.0 Å². The predicted molar refractivity (Wildman–Crippen MR) is 62.6 cm³/mol. The number of rotatable bonds is 1. The second-order valence-corrected chi connectivity index (χ2v) is 5.10. The number of benzene rings is 1. The van der Waals surface area contributed by atoms with Crippen molar-refractivity contribution in [3.05, 3.63) is 32.0 Å². The van der Waals surface area contributed by atoms with E-state index in [1.165, 1.54) is 0 Å². The molecule has 0 bridgehead atoms. The Bertz CT molecular complexity index is 476. The van der Waals surface area contributed by atoms with E-state index < -0.39 is 0 Å². The summed E-state index contributed by atoms with van der Waals surface area (Å²) in [6.07, 6.45) is 0.885. The molecule has 2 aromatic rings. The summed E-state index contributed by atoms with van der Waals surface area (Å²) in [4.78, 5) is 10.7. The highest BCUT2D eigenvalue weighted by Gasteiger charge is 2.08. The lowest BCUT2D eigenvalue weighted by Crippen LogP contribution is -1.77. The number of carbonyl (C=O) groups is 1. The fourth-order valence-corrected chi connectivity index (χ4v) is 3.12. The summed E-state index contributed by atoms with van der Waals surface area (Å²) in [5.41, 5.74) is 0.744. The fraction of sp³-hybridized carbons (Fsp3) is 0. The maximum atomic E-state index is 10.7. The van der Waals surface area contributed by atoms with Gasteiger partial charge in [0.2, 0.25) is 0 Å². The fourth-order valence-electron chi connectivity index (χ4n) is 1.17. The van der Waals surface area contributed by atoms with E-state index in [0.29, 0.717) is 0 Å². The molecule has 1 aromatic carbocycles. The Morgan fingerprint density at radius 2 is 2.08 bits per heavy atom. The van der Waals surface area contributed by atoms with Crippen LogP contribution < -0.4 is 0 Å².